The predicted octanol–water partition coefficient (Wildman–Crippen LogP) is 8.21. The first kappa shape index (κ1) is 25.7. The molecule has 4 aliphatic carbocycles. The maximum atomic E-state index is 13.1. The molecule has 0 aliphatic heterocycles. The second kappa shape index (κ2) is 9.59. The monoisotopic (exact) mass is 458 g/mol. The van der Waals surface area contributed by atoms with Crippen molar-refractivity contribution in [2.24, 2.45) is 52.3 Å². The van der Waals surface area contributed by atoms with Gasteiger partial charge in [-0.2, -0.15) is 0 Å². The molecule has 4 rings (SSSR count). The average Bonchev–Trinajstić information content (AvgIpc) is 3.04. The second-order valence-electron chi connectivity index (χ2n) is 14.2. The van der Waals surface area contributed by atoms with Crippen LogP contribution < -0.4 is 0 Å². The molecule has 1 N–H and O–H groups in total. The van der Waals surface area contributed by atoms with E-state index >= 15 is 0 Å². The third-order valence-corrected chi connectivity index (χ3v) is 11.9. The van der Waals surface area contributed by atoms with Gasteiger partial charge >= 0.3 is 0 Å². The average molecular weight is 459 g/mol. The van der Waals surface area contributed by atoms with E-state index in [9.17, 15) is 9.90 Å². The van der Waals surface area contributed by atoms with E-state index in [0.29, 0.717) is 34.4 Å². The van der Waals surface area contributed by atoms with Crippen LogP contribution in [0.1, 0.15) is 131 Å². The summed E-state index contributed by atoms with van der Waals surface area (Å²) in [5.41, 5.74) is 0.334. The Bertz CT molecular complexity index is 699. The number of ketones is 1. The summed E-state index contributed by atoms with van der Waals surface area (Å²) in [4.78, 5) is 13.1. The predicted molar refractivity (Wildman–Crippen MR) is 138 cm³/mol. The highest BCUT2D eigenvalue weighted by Gasteiger charge is 2.58. The van der Waals surface area contributed by atoms with Crippen molar-refractivity contribution >= 4 is 5.78 Å². The van der Waals surface area contributed by atoms with E-state index in [1.165, 1.54) is 57.8 Å². The molecule has 2 heteroatoms. The van der Waals surface area contributed by atoms with E-state index in [4.69, 9.17) is 0 Å². The van der Waals surface area contributed by atoms with E-state index in [-0.39, 0.29) is 5.92 Å². The summed E-state index contributed by atoms with van der Waals surface area (Å²) < 4.78 is 0. The van der Waals surface area contributed by atoms with Gasteiger partial charge in [0.2, 0.25) is 0 Å². The largest absolute Gasteiger partial charge is 0.390 e. The van der Waals surface area contributed by atoms with Crippen LogP contribution in [-0.4, -0.2) is 16.5 Å². The van der Waals surface area contributed by atoms with Gasteiger partial charge < -0.3 is 5.11 Å². The number of carbonyl (C=O) groups excluding carboxylic acids is 1. The number of hydrogen-bond donors (Lipinski definition) is 1. The summed E-state index contributed by atoms with van der Waals surface area (Å²) in [5.74, 6) is 5.17. The van der Waals surface area contributed by atoms with Crippen LogP contribution in [0.2, 0.25) is 0 Å². The molecule has 0 heterocycles. The molecule has 0 aromatic carbocycles. The molecule has 0 unspecified atom stereocenters. The molecule has 4 fully saturated rings. The number of fused-ring (bicyclic) bond motifs is 6. The van der Waals surface area contributed by atoms with Crippen LogP contribution in [0.15, 0.2) is 0 Å². The molecule has 190 valence electrons. The molecule has 0 spiro atoms. The van der Waals surface area contributed by atoms with Crippen molar-refractivity contribution in [3.63, 3.8) is 0 Å². The van der Waals surface area contributed by atoms with Gasteiger partial charge in [0.1, 0.15) is 5.78 Å². The van der Waals surface area contributed by atoms with Crippen LogP contribution in [0.4, 0.5) is 0 Å². The van der Waals surface area contributed by atoms with Crippen molar-refractivity contribution < 1.29 is 9.90 Å². The third-order valence-electron chi connectivity index (χ3n) is 11.9. The molecular weight excluding hydrogens is 404 g/mol. The summed E-state index contributed by atoms with van der Waals surface area (Å²) in [5, 5.41) is 11.3. The Kier molecular flexibility index (Phi) is 7.47. The zero-order valence-electron chi connectivity index (χ0n) is 22.8. The molecular formula is C31H54O2. The summed E-state index contributed by atoms with van der Waals surface area (Å²) in [7, 11) is 0. The first-order chi connectivity index (χ1) is 15.5. The molecule has 9 atom stereocenters. The Labute approximate surface area is 205 Å². The number of carbonyl (C=O) groups is 1. The normalized spacial score (nSPS) is 46.6. The van der Waals surface area contributed by atoms with Gasteiger partial charge in [0.25, 0.3) is 0 Å². The lowest BCUT2D eigenvalue weighted by Crippen LogP contribution is -2.48. The molecule has 4 aliphatic rings. The molecule has 0 saturated heterocycles. The molecule has 0 radical (unpaired) electrons. The Morgan fingerprint density at radius 3 is 2.39 bits per heavy atom. The fourth-order valence-corrected chi connectivity index (χ4v) is 9.80. The zero-order valence-corrected chi connectivity index (χ0v) is 22.8. The van der Waals surface area contributed by atoms with Crippen molar-refractivity contribution in [1.82, 2.24) is 0 Å². The molecule has 2 nitrogen and oxygen atoms in total. The minimum Gasteiger partial charge on any atom is -0.390 e. The smallest absolute Gasteiger partial charge is 0.136 e. The second-order valence-corrected chi connectivity index (χ2v) is 14.2. The van der Waals surface area contributed by atoms with Gasteiger partial charge in [0.05, 0.1) is 5.60 Å². The first-order valence-electron chi connectivity index (χ1n) is 14.8. The van der Waals surface area contributed by atoms with E-state index in [2.05, 4.69) is 41.5 Å². The van der Waals surface area contributed by atoms with Crippen molar-refractivity contribution in [3.8, 4) is 0 Å². The SMILES string of the molecule is CC[C@]1(O)CC[C@@]2(C)C[C@@H](CCC[C@H]3[C@@H]2CC[C@]2(C)[C@@H]([C@H](C)C(=O)CCC(C)C)CC[C@@H]32)C1. The molecule has 4 saturated carbocycles. The number of hydrogen-bond acceptors (Lipinski definition) is 2. The zero-order chi connectivity index (χ0) is 24.0. The lowest BCUT2D eigenvalue weighted by atomic mass is 9.49. The Balaban J connectivity index is 1.53. The van der Waals surface area contributed by atoms with Crippen LogP contribution in [0, 0.1) is 52.3 Å². The fourth-order valence-electron chi connectivity index (χ4n) is 9.80. The van der Waals surface area contributed by atoms with Crippen molar-refractivity contribution in [3.05, 3.63) is 0 Å². The van der Waals surface area contributed by atoms with Crippen molar-refractivity contribution in [1.29, 1.82) is 0 Å². The number of rotatable bonds is 6. The summed E-state index contributed by atoms with van der Waals surface area (Å²) in [6.07, 6.45) is 16.7. The highest BCUT2D eigenvalue weighted by Crippen LogP contribution is 2.66. The topological polar surface area (TPSA) is 37.3 Å². The summed E-state index contributed by atoms with van der Waals surface area (Å²) in [6, 6.07) is 0. The van der Waals surface area contributed by atoms with E-state index in [1.807, 2.05) is 0 Å². The third kappa shape index (κ3) is 4.85. The first-order valence-corrected chi connectivity index (χ1v) is 14.8. The molecule has 0 aromatic rings. The minimum atomic E-state index is -0.421. The maximum absolute atomic E-state index is 13.1. The van der Waals surface area contributed by atoms with Crippen molar-refractivity contribution in [2.75, 3.05) is 0 Å². The fraction of sp³-hybridized carbons (Fsp3) is 0.968. The van der Waals surface area contributed by atoms with Gasteiger partial charge in [0, 0.05) is 12.3 Å². The highest BCUT2D eigenvalue weighted by molar-refractivity contribution is 5.81. The van der Waals surface area contributed by atoms with E-state index in [0.717, 1.165) is 49.9 Å². The lowest BCUT2D eigenvalue weighted by molar-refractivity contribution is -0.127. The van der Waals surface area contributed by atoms with Crippen LogP contribution in [0.5, 0.6) is 0 Å². The molecule has 33 heavy (non-hydrogen) atoms. The van der Waals surface area contributed by atoms with Gasteiger partial charge in [-0.25, -0.2) is 0 Å². The molecule has 0 aromatic heterocycles. The Hall–Kier alpha value is -0.370. The quantitative estimate of drug-likeness (QED) is 0.435. The van der Waals surface area contributed by atoms with E-state index < -0.39 is 5.60 Å². The van der Waals surface area contributed by atoms with Crippen LogP contribution in [-0.2, 0) is 4.79 Å². The van der Waals surface area contributed by atoms with Gasteiger partial charge in [0.15, 0.2) is 0 Å². The van der Waals surface area contributed by atoms with E-state index in [1.54, 1.807) is 0 Å². The standard InChI is InChI=1S/C31H54O2/c1-7-31(33)18-17-29(5)19-23(20-31)9-8-10-24-26(29)15-16-30(6)25(12-13-27(24)30)22(4)28(32)14-11-21(2)3/h21-27,33H,7-20H2,1-6H3/t22-,23+,24-,25+,26-,27-,29-,30+,31-/m0/s1. The van der Waals surface area contributed by atoms with Gasteiger partial charge in [-0.1, -0.05) is 54.4 Å². The summed E-state index contributed by atoms with van der Waals surface area (Å²) >= 11 is 0. The minimum absolute atomic E-state index is 0.237. The van der Waals surface area contributed by atoms with Gasteiger partial charge in [-0.3, -0.25) is 4.79 Å². The number of Topliss-reactive ketones (excluding diaryl/α,β-unsaturated/α-hetero) is 1. The van der Waals surface area contributed by atoms with Crippen LogP contribution >= 0.6 is 0 Å². The highest BCUT2D eigenvalue weighted by atomic mass is 16.3. The summed E-state index contributed by atoms with van der Waals surface area (Å²) in [6.45, 7) is 14.1. The van der Waals surface area contributed by atoms with Gasteiger partial charge in [-0.15, -0.1) is 0 Å². The van der Waals surface area contributed by atoms with Crippen molar-refractivity contribution in [2.45, 2.75) is 137 Å². The van der Waals surface area contributed by atoms with Crippen LogP contribution in [0.3, 0.4) is 0 Å². The molecule has 0 amide bonds. The lowest BCUT2D eigenvalue weighted by Gasteiger charge is -2.56. The number of aliphatic hydroxyl groups is 1. The van der Waals surface area contributed by atoms with Gasteiger partial charge in [-0.05, 0) is 117 Å². The Morgan fingerprint density at radius 2 is 1.70 bits per heavy atom. The molecule has 2 bridgehead atoms. The maximum Gasteiger partial charge on any atom is 0.136 e. The van der Waals surface area contributed by atoms with Crippen LogP contribution in [0.25, 0.3) is 0 Å². The Morgan fingerprint density at radius 1 is 0.939 bits per heavy atom.